The SMILES string of the molecule is CCOc1ccc(NCC2(CO)CCC2)cc1F. The molecule has 0 bridgehead atoms. The topological polar surface area (TPSA) is 41.5 Å². The molecule has 3 nitrogen and oxygen atoms in total. The number of hydrogen-bond acceptors (Lipinski definition) is 3. The van der Waals surface area contributed by atoms with E-state index in [1.165, 1.54) is 12.5 Å². The normalized spacial score (nSPS) is 17.1. The maximum Gasteiger partial charge on any atom is 0.167 e. The quantitative estimate of drug-likeness (QED) is 0.819. The number of anilines is 1. The third-order valence-electron chi connectivity index (χ3n) is 3.65. The second-order valence-corrected chi connectivity index (χ2v) is 4.94. The van der Waals surface area contributed by atoms with Crippen LogP contribution in [0.15, 0.2) is 18.2 Å². The average molecular weight is 253 g/mol. The molecule has 1 saturated carbocycles. The summed E-state index contributed by atoms with van der Waals surface area (Å²) < 4.78 is 18.8. The number of benzene rings is 1. The molecule has 0 aliphatic heterocycles. The molecule has 1 aliphatic rings. The van der Waals surface area contributed by atoms with Gasteiger partial charge in [0.05, 0.1) is 13.2 Å². The Morgan fingerprint density at radius 1 is 1.44 bits per heavy atom. The third-order valence-corrected chi connectivity index (χ3v) is 3.65. The minimum absolute atomic E-state index is 0.00489. The molecule has 0 heterocycles. The van der Waals surface area contributed by atoms with Crippen molar-refractivity contribution >= 4 is 5.69 Å². The minimum Gasteiger partial charge on any atom is -0.491 e. The Bertz CT molecular complexity index is 399. The summed E-state index contributed by atoms with van der Waals surface area (Å²) in [5, 5.41) is 12.5. The van der Waals surface area contributed by atoms with Crippen LogP contribution in [0.2, 0.25) is 0 Å². The lowest BCUT2D eigenvalue weighted by Gasteiger charge is -2.40. The first-order valence-corrected chi connectivity index (χ1v) is 6.46. The fraction of sp³-hybridized carbons (Fsp3) is 0.571. The molecule has 0 aromatic heterocycles. The first kappa shape index (κ1) is 13.1. The maximum atomic E-state index is 13.6. The van der Waals surface area contributed by atoms with Crippen molar-refractivity contribution in [3.63, 3.8) is 0 Å². The van der Waals surface area contributed by atoms with Gasteiger partial charge in [0.2, 0.25) is 0 Å². The summed E-state index contributed by atoms with van der Waals surface area (Å²) in [5.41, 5.74) is 0.727. The van der Waals surface area contributed by atoms with Gasteiger partial charge in [0.1, 0.15) is 0 Å². The lowest BCUT2D eigenvalue weighted by atomic mass is 9.69. The van der Waals surface area contributed by atoms with E-state index < -0.39 is 0 Å². The van der Waals surface area contributed by atoms with Gasteiger partial charge in [-0.3, -0.25) is 0 Å². The molecule has 4 heteroatoms. The van der Waals surface area contributed by atoms with Crippen LogP contribution in [0.4, 0.5) is 10.1 Å². The number of aliphatic hydroxyl groups excluding tert-OH is 1. The highest BCUT2D eigenvalue weighted by Crippen LogP contribution is 2.40. The van der Waals surface area contributed by atoms with Gasteiger partial charge in [0.25, 0.3) is 0 Å². The summed E-state index contributed by atoms with van der Waals surface area (Å²) >= 11 is 0. The first-order chi connectivity index (χ1) is 8.69. The fourth-order valence-electron chi connectivity index (χ4n) is 2.24. The maximum absolute atomic E-state index is 13.6. The average Bonchev–Trinajstić information content (AvgIpc) is 2.32. The summed E-state index contributed by atoms with van der Waals surface area (Å²) in [6.45, 7) is 3.17. The molecule has 18 heavy (non-hydrogen) atoms. The molecule has 1 aliphatic carbocycles. The molecular weight excluding hydrogens is 233 g/mol. The lowest BCUT2D eigenvalue weighted by Crippen LogP contribution is -2.39. The predicted octanol–water partition coefficient (Wildman–Crippen LogP) is 2.80. The molecule has 0 radical (unpaired) electrons. The van der Waals surface area contributed by atoms with Crippen LogP contribution in [-0.4, -0.2) is 24.9 Å². The largest absolute Gasteiger partial charge is 0.491 e. The number of hydrogen-bond donors (Lipinski definition) is 2. The van der Waals surface area contributed by atoms with Crippen LogP contribution in [0.25, 0.3) is 0 Å². The number of rotatable bonds is 6. The highest BCUT2D eigenvalue weighted by atomic mass is 19.1. The van der Waals surface area contributed by atoms with E-state index in [9.17, 15) is 9.50 Å². The molecule has 2 rings (SSSR count). The smallest absolute Gasteiger partial charge is 0.167 e. The lowest BCUT2D eigenvalue weighted by molar-refractivity contribution is 0.0576. The van der Waals surface area contributed by atoms with Crippen LogP contribution in [0.3, 0.4) is 0 Å². The number of ether oxygens (including phenoxy) is 1. The van der Waals surface area contributed by atoms with Gasteiger partial charge in [-0.05, 0) is 31.9 Å². The van der Waals surface area contributed by atoms with Crippen LogP contribution in [0.5, 0.6) is 5.75 Å². The first-order valence-electron chi connectivity index (χ1n) is 6.46. The Balaban J connectivity index is 1.95. The zero-order chi connectivity index (χ0) is 13.0. The van der Waals surface area contributed by atoms with E-state index in [1.807, 2.05) is 6.92 Å². The molecule has 1 fully saturated rings. The van der Waals surface area contributed by atoms with E-state index in [4.69, 9.17) is 4.74 Å². The van der Waals surface area contributed by atoms with Gasteiger partial charge in [-0.25, -0.2) is 4.39 Å². The van der Waals surface area contributed by atoms with Crippen molar-refractivity contribution in [1.82, 2.24) is 0 Å². The zero-order valence-corrected chi connectivity index (χ0v) is 10.7. The summed E-state index contributed by atoms with van der Waals surface area (Å²) in [6.07, 6.45) is 3.24. The summed E-state index contributed by atoms with van der Waals surface area (Å²) in [4.78, 5) is 0. The van der Waals surface area contributed by atoms with E-state index >= 15 is 0 Å². The van der Waals surface area contributed by atoms with Crippen molar-refractivity contribution in [2.75, 3.05) is 25.1 Å². The Morgan fingerprint density at radius 3 is 2.72 bits per heavy atom. The molecule has 1 aromatic rings. The van der Waals surface area contributed by atoms with Crippen LogP contribution in [0, 0.1) is 11.2 Å². The van der Waals surface area contributed by atoms with Gasteiger partial charge in [0, 0.05) is 23.7 Å². The number of halogens is 1. The van der Waals surface area contributed by atoms with Gasteiger partial charge in [-0.2, -0.15) is 0 Å². The van der Waals surface area contributed by atoms with E-state index in [2.05, 4.69) is 5.32 Å². The molecule has 0 spiro atoms. The fourth-order valence-corrected chi connectivity index (χ4v) is 2.24. The van der Waals surface area contributed by atoms with Crippen molar-refractivity contribution in [1.29, 1.82) is 0 Å². The molecule has 100 valence electrons. The molecule has 2 N–H and O–H groups in total. The van der Waals surface area contributed by atoms with Gasteiger partial charge in [-0.1, -0.05) is 6.42 Å². The van der Waals surface area contributed by atoms with Gasteiger partial charge in [0.15, 0.2) is 11.6 Å². The summed E-state index contributed by atoms with van der Waals surface area (Å²) in [7, 11) is 0. The van der Waals surface area contributed by atoms with Crippen LogP contribution in [0.1, 0.15) is 26.2 Å². The monoisotopic (exact) mass is 253 g/mol. The van der Waals surface area contributed by atoms with Gasteiger partial charge >= 0.3 is 0 Å². The zero-order valence-electron chi connectivity index (χ0n) is 10.7. The van der Waals surface area contributed by atoms with Gasteiger partial charge in [-0.15, -0.1) is 0 Å². The Labute approximate surface area is 107 Å². The Morgan fingerprint density at radius 2 is 2.22 bits per heavy atom. The molecule has 0 saturated heterocycles. The van der Waals surface area contributed by atoms with Gasteiger partial charge < -0.3 is 15.2 Å². The van der Waals surface area contributed by atoms with E-state index in [0.29, 0.717) is 13.2 Å². The summed E-state index contributed by atoms with van der Waals surface area (Å²) in [6, 6.07) is 4.88. The minimum atomic E-state index is -0.353. The van der Waals surface area contributed by atoms with Crippen molar-refractivity contribution in [3.05, 3.63) is 24.0 Å². The van der Waals surface area contributed by atoms with Crippen molar-refractivity contribution in [2.45, 2.75) is 26.2 Å². The molecule has 0 atom stereocenters. The van der Waals surface area contributed by atoms with Crippen molar-refractivity contribution in [2.24, 2.45) is 5.41 Å². The van der Waals surface area contributed by atoms with Crippen LogP contribution < -0.4 is 10.1 Å². The van der Waals surface area contributed by atoms with E-state index in [1.54, 1.807) is 12.1 Å². The second-order valence-electron chi connectivity index (χ2n) is 4.94. The molecule has 1 aromatic carbocycles. The third kappa shape index (κ3) is 2.75. The summed E-state index contributed by atoms with van der Waals surface area (Å²) in [5.74, 6) is -0.0722. The predicted molar refractivity (Wildman–Crippen MR) is 69.4 cm³/mol. The number of nitrogens with one attached hydrogen (secondary N) is 1. The highest BCUT2D eigenvalue weighted by Gasteiger charge is 2.35. The number of aliphatic hydroxyl groups is 1. The molecule has 0 amide bonds. The molecule has 0 unspecified atom stereocenters. The van der Waals surface area contributed by atoms with Crippen LogP contribution in [-0.2, 0) is 0 Å². The Hall–Kier alpha value is -1.29. The standard InChI is InChI=1S/C14H20FNO2/c1-2-18-13-5-4-11(8-12(13)15)16-9-14(10-17)6-3-7-14/h4-5,8,16-17H,2-3,6-7,9-10H2,1H3. The van der Waals surface area contributed by atoms with E-state index in [0.717, 1.165) is 18.5 Å². The van der Waals surface area contributed by atoms with Crippen molar-refractivity contribution in [3.8, 4) is 5.75 Å². The highest BCUT2D eigenvalue weighted by molar-refractivity contribution is 5.47. The van der Waals surface area contributed by atoms with E-state index in [-0.39, 0.29) is 23.6 Å². The Kier molecular flexibility index (Phi) is 4.07. The second kappa shape index (κ2) is 5.57. The van der Waals surface area contributed by atoms with Crippen LogP contribution >= 0.6 is 0 Å². The van der Waals surface area contributed by atoms with Crippen molar-refractivity contribution < 1.29 is 14.2 Å². The molecular formula is C14H20FNO2.